The number of carbonyl (C=O) groups excluding carboxylic acids is 2. The van der Waals surface area contributed by atoms with Crippen molar-refractivity contribution >= 4 is 34.5 Å². The number of methoxy groups -OCH3 is 2. The van der Waals surface area contributed by atoms with Crippen LogP contribution in [0.1, 0.15) is 37.4 Å². The van der Waals surface area contributed by atoms with E-state index >= 15 is 0 Å². The van der Waals surface area contributed by atoms with E-state index in [0.717, 1.165) is 11.3 Å². The van der Waals surface area contributed by atoms with Crippen LogP contribution in [0, 0.1) is 10.1 Å². The van der Waals surface area contributed by atoms with E-state index in [1.54, 1.807) is 27.0 Å². The van der Waals surface area contributed by atoms with Gasteiger partial charge in [-0.1, -0.05) is 43.0 Å². The molecule has 0 radical (unpaired) electrons. The van der Waals surface area contributed by atoms with E-state index < -0.39 is 16.9 Å². The van der Waals surface area contributed by atoms with Crippen LogP contribution in [0.25, 0.3) is 0 Å². The van der Waals surface area contributed by atoms with E-state index in [2.05, 4.69) is 4.99 Å². The molecule has 3 rings (SSSR count). The number of nitro groups is 1. The zero-order valence-electron chi connectivity index (χ0n) is 19.3. The monoisotopic (exact) mass is 483 g/mol. The molecule has 1 unspecified atom stereocenters. The van der Waals surface area contributed by atoms with Gasteiger partial charge in [0.05, 0.1) is 36.5 Å². The molecule has 1 amide bonds. The van der Waals surface area contributed by atoms with Gasteiger partial charge in [-0.15, -0.1) is 0 Å². The number of hydrogen-bond acceptors (Lipinski definition) is 8. The molecule has 9 nitrogen and oxygen atoms in total. The Bertz CT molecular complexity index is 1160. The van der Waals surface area contributed by atoms with Crippen molar-refractivity contribution < 1.29 is 24.0 Å². The van der Waals surface area contributed by atoms with Crippen molar-refractivity contribution in [3.05, 3.63) is 81.0 Å². The Hall–Kier alpha value is -3.66. The molecule has 0 saturated carbocycles. The van der Waals surface area contributed by atoms with Crippen LogP contribution in [0.4, 0.5) is 5.69 Å². The molecule has 1 aliphatic rings. The van der Waals surface area contributed by atoms with E-state index in [1.165, 1.54) is 42.0 Å². The lowest BCUT2D eigenvalue weighted by molar-refractivity contribution is -0.384. The second kappa shape index (κ2) is 11.0. The van der Waals surface area contributed by atoms with Crippen molar-refractivity contribution in [3.63, 3.8) is 0 Å². The van der Waals surface area contributed by atoms with Gasteiger partial charge in [-0.05, 0) is 30.2 Å². The van der Waals surface area contributed by atoms with Gasteiger partial charge in [0.15, 0.2) is 5.17 Å². The molecule has 2 aromatic carbocycles. The Labute approximate surface area is 201 Å². The third kappa shape index (κ3) is 5.28. The van der Waals surface area contributed by atoms with E-state index in [9.17, 15) is 19.7 Å². The van der Waals surface area contributed by atoms with Crippen LogP contribution in [-0.2, 0) is 20.1 Å². The number of ether oxygens (including phenoxy) is 2. The second-order valence-corrected chi connectivity index (χ2v) is 8.34. The summed E-state index contributed by atoms with van der Waals surface area (Å²) in [6.45, 7) is 3.37. The van der Waals surface area contributed by atoms with Crippen LogP contribution in [0.3, 0.4) is 0 Å². The highest BCUT2D eigenvalue weighted by atomic mass is 32.2. The van der Waals surface area contributed by atoms with Gasteiger partial charge in [0, 0.05) is 24.3 Å². The highest BCUT2D eigenvalue weighted by Gasteiger charge is 2.40. The first-order chi connectivity index (χ1) is 16.3. The Balaban J connectivity index is 2.08. The lowest BCUT2D eigenvalue weighted by Crippen LogP contribution is -2.43. The van der Waals surface area contributed by atoms with Crippen molar-refractivity contribution in [3.8, 4) is 5.75 Å². The van der Waals surface area contributed by atoms with Crippen LogP contribution >= 0.6 is 11.8 Å². The summed E-state index contributed by atoms with van der Waals surface area (Å²) in [5.41, 5.74) is 1.83. The molecule has 2 aromatic rings. The number of rotatable bonds is 7. The molecule has 0 aliphatic carbocycles. The summed E-state index contributed by atoms with van der Waals surface area (Å²) in [6, 6.07) is 12.5. The van der Waals surface area contributed by atoms with Crippen molar-refractivity contribution in [2.24, 2.45) is 4.99 Å². The molecule has 1 heterocycles. The average molecular weight is 484 g/mol. The number of nitrogens with zero attached hydrogens (tertiary/aromatic N) is 3. The number of thioether (sulfide) groups is 1. The number of amides is 1. The number of carbonyl (C=O) groups is 2. The summed E-state index contributed by atoms with van der Waals surface area (Å²) in [5.74, 6) is 0.328. The minimum absolute atomic E-state index is 0.141. The highest BCUT2D eigenvalue weighted by Crippen LogP contribution is 2.39. The Morgan fingerprint density at radius 2 is 1.88 bits per heavy atom. The maximum Gasteiger partial charge on any atom is 0.338 e. The number of nitro benzene ring substituents is 1. The predicted octanol–water partition coefficient (Wildman–Crippen LogP) is 4.63. The van der Waals surface area contributed by atoms with E-state index in [1.807, 2.05) is 24.3 Å². The van der Waals surface area contributed by atoms with Crippen LogP contribution < -0.4 is 4.74 Å². The molecule has 0 spiro atoms. The summed E-state index contributed by atoms with van der Waals surface area (Å²) in [7, 11) is 2.84. The zero-order valence-corrected chi connectivity index (χ0v) is 20.1. The van der Waals surface area contributed by atoms with Crippen LogP contribution in [0.2, 0.25) is 0 Å². The summed E-state index contributed by atoms with van der Waals surface area (Å²) < 4.78 is 10.2. The fraction of sp³-hybridized carbons (Fsp3) is 0.292. The molecule has 0 saturated heterocycles. The largest absolute Gasteiger partial charge is 0.497 e. The van der Waals surface area contributed by atoms with Gasteiger partial charge < -0.3 is 9.47 Å². The lowest BCUT2D eigenvalue weighted by Gasteiger charge is -2.36. The molecule has 0 fully saturated rings. The lowest BCUT2D eigenvalue weighted by atomic mass is 9.94. The first-order valence-electron chi connectivity index (χ1n) is 10.5. The maximum absolute atomic E-state index is 13.1. The zero-order chi connectivity index (χ0) is 24.8. The SMILES string of the molecule is CCC(=O)N1C(SCc2ccc(OC)cc2)=NC(C)=C(C(=O)OC)C1c1cccc([N+](=O)[O-])c1. The summed E-state index contributed by atoms with van der Waals surface area (Å²) in [4.78, 5) is 42.8. The van der Waals surface area contributed by atoms with Gasteiger partial charge in [-0.2, -0.15) is 0 Å². The number of esters is 1. The number of amidine groups is 1. The van der Waals surface area contributed by atoms with Crippen molar-refractivity contribution in [1.29, 1.82) is 0 Å². The topological polar surface area (TPSA) is 111 Å². The summed E-state index contributed by atoms with van der Waals surface area (Å²) >= 11 is 1.34. The molecular weight excluding hydrogens is 458 g/mol. The first kappa shape index (κ1) is 25.0. The van der Waals surface area contributed by atoms with Gasteiger partial charge in [0.25, 0.3) is 5.69 Å². The van der Waals surface area contributed by atoms with Crippen molar-refractivity contribution in [1.82, 2.24) is 4.90 Å². The third-order valence-corrected chi connectivity index (χ3v) is 6.31. The normalized spacial score (nSPS) is 15.6. The van der Waals surface area contributed by atoms with Crippen molar-refractivity contribution in [2.45, 2.75) is 32.1 Å². The molecule has 178 valence electrons. The molecule has 0 N–H and O–H groups in total. The second-order valence-electron chi connectivity index (χ2n) is 7.39. The number of aliphatic imine (C=N–C) groups is 1. The highest BCUT2D eigenvalue weighted by molar-refractivity contribution is 8.13. The Morgan fingerprint density at radius 3 is 2.47 bits per heavy atom. The smallest absolute Gasteiger partial charge is 0.338 e. The molecule has 0 bridgehead atoms. The number of benzene rings is 2. The number of allylic oxidation sites excluding steroid dienone is 1. The first-order valence-corrected chi connectivity index (χ1v) is 11.5. The Kier molecular flexibility index (Phi) is 8.06. The molecular formula is C24H25N3O6S. The minimum Gasteiger partial charge on any atom is -0.497 e. The molecule has 1 aliphatic heterocycles. The fourth-order valence-corrected chi connectivity index (χ4v) is 4.62. The van der Waals surface area contributed by atoms with E-state index in [-0.39, 0.29) is 23.6 Å². The predicted molar refractivity (Wildman–Crippen MR) is 129 cm³/mol. The molecule has 34 heavy (non-hydrogen) atoms. The van der Waals surface area contributed by atoms with Crippen LogP contribution in [-0.4, -0.2) is 41.1 Å². The molecule has 1 atom stereocenters. The molecule has 0 aromatic heterocycles. The van der Waals surface area contributed by atoms with Gasteiger partial charge >= 0.3 is 5.97 Å². The summed E-state index contributed by atoms with van der Waals surface area (Å²) in [6.07, 6.45) is 0.154. The van der Waals surface area contributed by atoms with Gasteiger partial charge in [-0.3, -0.25) is 19.8 Å². The standard InChI is InChI=1S/C24H25N3O6S/c1-5-20(28)26-22(17-7-6-8-18(13-17)27(30)31)21(23(29)33-4)15(2)25-24(26)34-14-16-9-11-19(32-3)12-10-16/h6-13,22H,5,14H2,1-4H3. The van der Waals surface area contributed by atoms with Gasteiger partial charge in [-0.25, -0.2) is 9.79 Å². The van der Waals surface area contributed by atoms with Crippen LogP contribution in [0.5, 0.6) is 5.75 Å². The van der Waals surface area contributed by atoms with Crippen molar-refractivity contribution in [2.75, 3.05) is 14.2 Å². The number of non-ortho nitro benzene ring substituents is 1. The summed E-state index contributed by atoms with van der Waals surface area (Å²) in [5, 5.41) is 11.8. The minimum atomic E-state index is -0.907. The average Bonchev–Trinajstić information content (AvgIpc) is 2.86. The van der Waals surface area contributed by atoms with E-state index in [0.29, 0.717) is 22.2 Å². The fourth-order valence-electron chi connectivity index (χ4n) is 3.58. The van der Waals surface area contributed by atoms with Gasteiger partial charge in [0.2, 0.25) is 5.91 Å². The number of hydrogen-bond donors (Lipinski definition) is 0. The van der Waals surface area contributed by atoms with Gasteiger partial charge in [0.1, 0.15) is 5.75 Å². The quantitative estimate of drug-likeness (QED) is 0.321. The molecule has 10 heteroatoms. The maximum atomic E-state index is 13.1. The third-order valence-electron chi connectivity index (χ3n) is 5.29. The van der Waals surface area contributed by atoms with Crippen LogP contribution in [0.15, 0.2) is 64.8 Å². The Morgan fingerprint density at radius 1 is 1.18 bits per heavy atom. The van der Waals surface area contributed by atoms with E-state index in [4.69, 9.17) is 9.47 Å².